The summed E-state index contributed by atoms with van der Waals surface area (Å²) in [5.74, 6) is 2.48. The molecule has 2 atom stereocenters. The summed E-state index contributed by atoms with van der Waals surface area (Å²) < 4.78 is 0. The first-order valence-electron chi connectivity index (χ1n) is 11.1. The first-order chi connectivity index (χ1) is 13.2. The summed E-state index contributed by atoms with van der Waals surface area (Å²) in [7, 11) is 1.86. The van der Waals surface area contributed by atoms with Crippen molar-refractivity contribution in [2.75, 3.05) is 46.3 Å². The summed E-state index contributed by atoms with van der Waals surface area (Å²) in [6.07, 6.45) is 9.86. The zero-order chi connectivity index (χ0) is 19.1. The molecule has 2 N–H and O–H groups in total. The van der Waals surface area contributed by atoms with Crippen LogP contribution in [-0.2, 0) is 4.79 Å². The van der Waals surface area contributed by atoms with E-state index in [-0.39, 0.29) is 0 Å². The molecule has 2 aliphatic carbocycles. The van der Waals surface area contributed by atoms with Crippen molar-refractivity contribution in [2.45, 2.75) is 64.3 Å². The van der Waals surface area contributed by atoms with Crippen LogP contribution < -0.4 is 10.6 Å². The summed E-state index contributed by atoms with van der Waals surface area (Å²) in [4.78, 5) is 21.5. The monoisotopic (exact) mass is 377 g/mol. The number of nitrogens with one attached hydrogen (secondary N) is 2. The Kier molecular flexibility index (Phi) is 7.80. The number of hydrogen-bond donors (Lipinski definition) is 2. The Hall–Kier alpha value is -1.30. The minimum atomic E-state index is 0.315. The van der Waals surface area contributed by atoms with E-state index in [0.29, 0.717) is 17.9 Å². The highest BCUT2D eigenvalue weighted by Gasteiger charge is 2.29. The third-order valence-corrected chi connectivity index (χ3v) is 6.61. The number of nitrogens with zero attached hydrogens (tertiary/aromatic N) is 3. The fraction of sp³-hybridized carbons (Fsp3) is 0.905. The van der Waals surface area contributed by atoms with Crippen LogP contribution in [0.5, 0.6) is 0 Å². The van der Waals surface area contributed by atoms with Crippen molar-refractivity contribution in [1.29, 1.82) is 0 Å². The van der Waals surface area contributed by atoms with Gasteiger partial charge in [0.15, 0.2) is 5.96 Å². The van der Waals surface area contributed by atoms with Gasteiger partial charge in [-0.05, 0) is 31.6 Å². The smallest absolute Gasteiger partial charge is 0.225 e. The van der Waals surface area contributed by atoms with Gasteiger partial charge in [0, 0.05) is 58.3 Å². The van der Waals surface area contributed by atoms with Gasteiger partial charge in [0.25, 0.3) is 0 Å². The molecule has 3 fully saturated rings. The summed E-state index contributed by atoms with van der Waals surface area (Å²) >= 11 is 0. The Morgan fingerprint density at radius 3 is 2.44 bits per heavy atom. The molecule has 0 aromatic heterocycles. The number of aliphatic imine (C=N–C) groups is 1. The number of guanidine groups is 1. The van der Waals surface area contributed by atoms with E-state index in [1.807, 2.05) is 7.05 Å². The van der Waals surface area contributed by atoms with E-state index < -0.39 is 0 Å². The molecule has 2 saturated carbocycles. The van der Waals surface area contributed by atoms with Crippen LogP contribution in [0, 0.1) is 11.8 Å². The lowest BCUT2D eigenvalue weighted by atomic mass is 9.87. The van der Waals surface area contributed by atoms with E-state index in [9.17, 15) is 4.79 Å². The van der Waals surface area contributed by atoms with E-state index in [4.69, 9.17) is 0 Å². The number of rotatable bonds is 5. The standard InChI is InChI=1S/C21H39N5O/c1-17-6-5-9-19(16-17)24-21(22-2)23-10-11-25-12-14-26(15-13-25)20(27)18-7-3-4-8-18/h17-19H,3-16H2,1-2H3,(H2,22,23,24). The highest BCUT2D eigenvalue weighted by atomic mass is 16.2. The molecule has 3 aliphatic rings. The topological polar surface area (TPSA) is 60.0 Å². The molecular weight excluding hydrogens is 338 g/mol. The molecule has 0 aromatic rings. The van der Waals surface area contributed by atoms with Gasteiger partial charge in [0.05, 0.1) is 0 Å². The highest BCUT2D eigenvalue weighted by molar-refractivity contribution is 5.80. The van der Waals surface area contributed by atoms with Crippen molar-refractivity contribution < 1.29 is 4.79 Å². The Morgan fingerprint density at radius 1 is 1.04 bits per heavy atom. The minimum absolute atomic E-state index is 0.315. The predicted octanol–water partition coefficient (Wildman–Crippen LogP) is 2.06. The van der Waals surface area contributed by atoms with Crippen molar-refractivity contribution in [3.05, 3.63) is 0 Å². The summed E-state index contributed by atoms with van der Waals surface area (Å²) in [6.45, 7) is 8.02. The van der Waals surface area contributed by atoms with Crippen LogP contribution in [0.1, 0.15) is 58.3 Å². The lowest BCUT2D eigenvalue weighted by molar-refractivity contribution is -0.137. The van der Waals surface area contributed by atoms with Gasteiger partial charge < -0.3 is 15.5 Å². The maximum Gasteiger partial charge on any atom is 0.225 e. The maximum absolute atomic E-state index is 12.5. The Bertz CT molecular complexity index is 495. The van der Waals surface area contributed by atoms with Crippen molar-refractivity contribution in [1.82, 2.24) is 20.4 Å². The summed E-state index contributed by atoms with van der Waals surface area (Å²) in [5, 5.41) is 7.07. The SMILES string of the molecule is CN=C(NCCN1CCN(C(=O)C2CCCC2)CC1)NC1CCCC(C)C1. The fourth-order valence-corrected chi connectivity index (χ4v) is 4.91. The van der Waals surface area contributed by atoms with Crippen molar-refractivity contribution in [2.24, 2.45) is 16.8 Å². The lowest BCUT2D eigenvalue weighted by Crippen LogP contribution is -2.52. The first kappa shape index (κ1) is 20.4. The second kappa shape index (κ2) is 10.3. The largest absolute Gasteiger partial charge is 0.355 e. The third kappa shape index (κ3) is 6.09. The number of carbonyl (C=O) groups excluding carboxylic acids is 1. The molecule has 0 spiro atoms. The molecule has 154 valence electrons. The number of carbonyl (C=O) groups is 1. The summed E-state index contributed by atoms with van der Waals surface area (Å²) in [5.41, 5.74) is 0. The molecule has 0 bridgehead atoms. The van der Waals surface area contributed by atoms with Crippen LogP contribution >= 0.6 is 0 Å². The van der Waals surface area contributed by atoms with Crippen molar-refractivity contribution >= 4 is 11.9 Å². The Balaban J connectivity index is 1.31. The van der Waals surface area contributed by atoms with Crippen molar-refractivity contribution in [3.63, 3.8) is 0 Å². The molecule has 1 heterocycles. The highest BCUT2D eigenvalue weighted by Crippen LogP contribution is 2.27. The fourth-order valence-electron chi connectivity index (χ4n) is 4.91. The third-order valence-electron chi connectivity index (χ3n) is 6.61. The molecule has 2 unspecified atom stereocenters. The second-order valence-electron chi connectivity index (χ2n) is 8.76. The molecule has 1 saturated heterocycles. The van der Waals surface area contributed by atoms with E-state index in [1.54, 1.807) is 0 Å². The van der Waals surface area contributed by atoms with Crippen LogP contribution in [0.4, 0.5) is 0 Å². The van der Waals surface area contributed by atoms with E-state index in [0.717, 1.165) is 64.0 Å². The maximum atomic E-state index is 12.5. The summed E-state index contributed by atoms with van der Waals surface area (Å²) in [6, 6.07) is 0.560. The number of hydrogen-bond acceptors (Lipinski definition) is 3. The van der Waals surface area contributed by atoms with Crippen LogP contribution in [0.25, 0.3) is 0 Å². The molecule has 0 radical (unpaired) electrons. The zero-order valence-corrected chi connectivity index (χ0v) is 17.4. The van der Waals surface area contributed by atoms with Gasteiger partial charge in [-0.1, -0.05) is 32.6 Å². The molecule has 6 heteroatoms. The van der Waals surface area contributed by atoms with Gasteiger partial charge in [-0.3, -0.25) is 14.7 Å². The molecule has 1 aliphatic heterocycles. The lowest BCUT2D eigenvalue weighted by Gasteiger charge is -2.36. The van der Waals surface area contributed by atoms with Crippen LogP contribution in [0.15, 0.2) is 4.99 Å². The van der Waals surface area contributed by atoms with Gasteiger partial charge in [-0.15, -0.1) is 0 Å². The van der Waals surface area contributed by atoms with Gasteiger partial charge in [0.1, 0.15) is 0 Å². The van der Waals surface area contributed by atoms with Crippen molar-refractivity contribution in [3.8, 4) is 0 Å². The van der Waals surface area contributed by atoms with Gasteiger partial charge in [-0.25, -0.2) is 0 Å². The molecule has 27 heavy (non-hydrogen) atoms. The van der Waals surface area contributed by atoms with Crippen LogP contribution in [0.2, 0.25) is 0 Å². The Morgan fingerprint density at radius 2 is 1.78 bits per heavy atom. The normalized spacial score (nSPS) is 28.4. The van der Waals surface area contributed by atoms with E-state index in [2.05, 4.69) is 32.3 Å². The van der Waals surface area contributed by atoms with Gasteiger partial charge in [0.2, 0.25) is 5.91 Å². The molecule has 6 nitrogen and oxygen atoms in total. The quantitative estimate of drug-likeness (QED) is 0.569. The minimum Gasteiger partial charge on any atom is -0.355 e. The Labute approximate surface area is 165 Å². The molecule has 3 rings (SSSR count). The van der Waals surface area contributed by atoms with E-state index >= 15 is 0 Å². The van der Waals surface area contributed by atoms with E-state index in [1.165, 1.54) is 38.5 Å². The molecule has 1 amide bonds. The molecular formula is C21H39N5O. The second-order valence-corrected chi connectivity index (χ2v) is 8.76. The molecule has 0 aromatic carbocycles. The predicted molar refractivity (Wildman–Crippen MR) is 111 cm³/mol. The number of piperazine rings is 1. The average Bonchev–Trinajstić information content (AvgIpc) is 3.22. The first-order valence-corrected chi connectivity index (χ1v) is 11.1. The van der Waals surface area contributed by atoms with Crippen LogP contribution in [0.3, 0.4) is 0 Å². The van der Waals surface area contributed by atoms with Crippen LogP contribution in [-0.4, -0.2) is 74.0 Å². The van der Waals surface area contributed by atoms with Gasteiger partial charge >= 0.3 is 0 Å². The zero-order valence-electron chi connectivity index (χ0n) is 17.4. The average molecular weight is 378 g/mol. The number of amides is 1. The van der Waals surface area contributed by atoms with Gasteiger partial charge in [-0.2, -0.15) is 0 Å².